The van der Waals surface area contributed by atoms with Gasteiger partial charge in [-0.1, -0.05) is 0 Å². The van der Waals surface area contributed by atoms with Crippen LogP contribution >= 0.6 is 0 Å². The number of benzene rings is 1. The van der Waals surface area contributed by atoms with Crippen molar-refractivity contribution in [3.63, 3.8) is 0 Å². The zero-order chi connectivity index (χ0) is 19.3. The fraction of sp³-hybridized carbons (Fsp3) is 0.533. The molecule has 2 rings (SSSR count). The van der Waals surface area contributed by atoms with Crippen molar-refractivity contribution in [3.05, 3.63) is 22.2 Å². The van der Waals surface area contributed by atoms with Crippen LogP contribution in [0, 0.1) is 10.1 Å². The molecular weight excluding hydrogens is 360 g/mol. The zero-order valence-corrected chi connectivity index (χ0v) is 15.7. The normalized spacial score (nSPS) is 15.5. The second-order valence-electron chi connectivity index (χ2n) is 5.92. The maximum atomic E-state index is 11.5. The fourth-order valence-corrected chi connectivity index (χ4v) is 3.83. The molecular formula is C15H24N6O4S. The minimum absolute atomic E-state index is 0.104. The summed E-state index contributed by atoms with van der Waals surface area (Å²) in [5.74, 6) is 1.48. The highest BCUT2D eigenvalue weighted by Crippen LogP contribution is 2.39. The van der Waals surface area contributed by atoms with Gasteiger partial charge in [0.2, 0.25) is 0 Å². The number of nitro benzene ring substituents is 1. The molecule has 0 unspecified atom stereocenters. The van der Waals surface area contributed by atoms with E-state index >= 15 is 0 Å². The first kappa shape index (κ1) is 19.9. The minimum atomic E-state index is -0.727. The Kier molecular flexibility index (Phi) is 6.75. The summed E-state index contributed by atoms with van der Waals surface area (Å²) in [6, 6.07) is 2.86. The molecule has 0 saturated carbocycles. The molecule has 0 radical (unpaired) electrons. The van der Waals surface area contributed by atoms with Crippen LogP contribution in [0.15, 0.2) is 17.1 Å². The van der Waals surface area contributed by atoms with E-state index < -0.39 is 15.7 Å². The van der Waals surface area contributed by atoms with Crippen molar-refractivity contribution in [2.75, 3.05) is 56.7 Å². The van der Waals surface area contributed by atoms with Crippen molar-refractivity contribution < 1.29 is 13.9 Å². The number of nitrogens with two attached hydrogens (primary N) is 2. The number of hydrogen-bond acceptors (Lipinski definition) is 7. The third-order valence-corrected chi connectivity index (χ3v) is 5.43. The monoisotopic (exact) mass is 384 g/mol. The fourth-order valence-electron chi connectivity index (χ4n) is 2.70. The van der Waals surface area contributed by atoms with E-state index in [9.17, 15) is 14.3 Å². The van der Waals surface area contributed by atoms with Gasteiger partial charge in [0.15, 0.2) is 5.96 Å². The van der Waals surface area contributed by atoms with E-state index in [1.54, 1.807) is 18.0 Å². The first-order valence-electron chi connectivity index (χ1n) is 8.06. The van der Waals surface area contributed by atoms with Gasteiger partial charge in [-0.15, -0.1) is 0 Å². The van der Waals surface area contributed by atoms with Gasteiger partial charge in [-0.2, -0.15) is 0 Å². The highest BCUT2D eigenvalue weighted by atomic mass is 32.2. The predicted molar refractivity (Wildman–Crippen MR) is 103 cm³/mol. The largest absolute Gasteiger partial charge is 0.494 e. The first-order valence-corrected chi connectivity index (χ1v) is 9.55. The third kappa shape index (κ3) is 5.05. The molecule has 26 heavy (non-hydrogen) atoms. The van der Waals surface area contributed by atoms with E-state index in [2.05, 4.69) is 9.89 Å². The number of hydrogen-bond donors (Lipinski definition) is 2. The number of guanidine groups is 1. The van der Waals surface area contributed by atoms with Crippen LogP contribution in [0.3, 0.4) is 0 Å². The second kappa shape index (κ2) is 8.81. The highest BCUT2D eigenvalue weighted by molar-refractivity contribution is 7.85. The number of aliphatic imine (C=N–C) groups is 1. The molecule has 1 aromatic rings. The van der Waals surface area contributed by atoms with Gasteiger partial charge in [0.1, 0.15) is 17.1 Å². The number of ether oxygens (including phenoxy) is 1. The molecule has 144 valence electrons. The Morgan fingerprint density at radius 2 is 2.08 bits per heavy atom. The Hall–Kier alpha value is -2.40. The van der Waals surface area contributed by atoms with E-state index in [1.807, 2.05) is 0 Å². The quantitative estimate of drug-likeness (QED) is 0.290. The highest BCUT2D eigenvalue weighted by Gasteiger charge is 2.23. The van der Waals surface area contributed by atoms with Gasteiger partial charge in [-0.3, -0.25) is 19.2 Å². The van der Waals surface area contributed by atoms with Crippen LogP contribution in [0.25, 0.3) is 0 Å². The lowest BCUT2D eigenvalue weighted by atomic mass is 10.2. The maximum Gasteiger partial charge on any atom is 0.294 e. The summed E-state index contributed by atoms with van der Waals surface area (Å²) in [6.45, 7) is 2.85. The van der Waals surface area contributed by atoms with Gasteiger partial charge in [-0.25, -0.2) is 4.99 Å². The molecule has 0 aromatic heterocycles. The van der Waals surface area contributed by atoms with Crippen molar-refractivity contribution in [1.82, 2.24) is 4.90 Å². The Balaban J connectivity index is 2.21. The van der Waals surface area contributed by atoms with Gasteiger partial charge in [0, 0.05) is 67.7 Å². The van der Waals surface area contributed by atoms with Gasteiger partial charge in [0.05, 0.1) is 12.0 Å². The number of likely N-dealkylation sites (N-methyl/N-ethyl adjacent to an activating group) is 1. The molecule has 1 fully saturated rings. The van der Waals surface area contributed by atoms with Crippen LogP contribution in [0.1, 0.15) is 0 Å². The topological polar surface area (TPSA) is 140 Å². The predicted octanol–water partition coefficient (Wildman–Crippen LogP) is 0.00880. The average molecular weight is 384 g/mol. The summed E-state index contributed by atoms with van der Waals surface area (Å²) in [7, 11) is 2.50. The van der Waals surface area contributed by atoms with Gasteiger partial charge in [0.25, 0.3) is 5.69 Å². The molecule has 0 spiro atoms. The molecule has 0 atom stereocenters. The Bertz CT molecular complexity index is 712. The van der Waals surface area contributed by atoms with E-state index in [4.69, 9.17) is 16.2 Å². The molecule has 1 saturated heterocycles. The van der Waals surface area contributed by atoms with Gasteiger partial charge < -0.3 is 21.1 Å². The number of methoxy groups -OCH3 is 1. The lowest BCUT2D eigenvalue weighted by Gasteiger charge is -2.29. The Morgan fingerprint density at radius 1 is 1.42 bits per heavy atom. The summed E-state index contributed by atoms with van der Waals surface area (Å²) in [5, 5.41) is 11.5. The summed E-state index contributed by atoms with van der Waals surface area (Å²) in [6.07, 6.45) is 0. The SMILES string of the molecule is COc1cc(N(C)CCN2CCS(=O)CC2)c([N+](=O)[O-])cc1N=C(N)N. The first-order chi connectivity index (χ1) is 12.3. The summed E-state index contributed by atoms with van der Waals surface area (Å²) < 4.78 is 16.7. The smallest absolute Gasteiger partial charge is 0.294 e. The van der Waals surface area contributed by atoms with Crippen molar-refractivity contribution >= 4 is 33.8 Å². The van der Waals surface area contributed by atoms with Crippen LogP contribution < -0.4 is 21.1 Å². The number of rotatable bonds is 7. The second-order valence-corrected chi connectivity index (χ2v) is 7.61. The molecule has 11 heteroatoms. The van der Waals surface area contributed by atoms with Crippen LogP contribution in [0.5, 0.6) is 5.75 Å². The number of anilines is 1. The van der Waals surface area contributed by atoms with E-state index in [1.165, 1.54) is 13.2 Å². The molecule has 1 aliphatic heterocycles. The maximum absolute atomic E-state index is 11.5. The molecule has 10 nitrogen and oxygen atoms in total. The van der Waals surface area contributed by atoms with Gasteiger partial charge in [-0.05, 0) is 0 Å². The minimum Gasteiger partial charge on any atom is -0.494 e. The number of nitro groups is 1. The van der Waals surface area contributed by atoms with E-state index in [-0.39, 0.29) is 17.3 Å². The van der Waals surface area contributed by atoms with E-state index in [0.29, 0.717) is 29.5 Å². The van der Waals surface area contributed by atoms with Crippen molar-refractivity contribution in [1.29, 1.82) is 0 Å². The molecule has 1 aromatic carbocycles. The molecule has 1 heterocycles. The molecule has 4 N–H and O–H groups in total. The van der Waals surface area contributed by atoms with Crippen LogP contribution in [0.2, 0.25) is 0 Å². The number of nitrogens with zero attached hydrogens (tertiary/aromatic N) is 4. The molecule has 0 amide bonds. The van der Waals surface area contributed by atoms with Gasteiger partial charge >= 0.3 is 0 Å². The van der Waals surface area contributed by atoms with E-state index in [0.717, 1.165) is 19.6 Å². The van der Waals surface area contributed by atoms with Crippen LogP contribution in [-0.2, 0) is 10.8 Å². The third-order valence-electron chi connectivity index (χ3n) is 4.16. The standard InChI is InChI=1S/C15H24N6O4S/c1-19(3-4-20-5-7-26(24)8-6-20)12-10-14(25-2)11(18-15(16)17)9-13(12)21(22)23/h9-10H,3-8H2,1-2H3,(H4,16,17,18). The average Bonchev–Trinajstić information content (AvgIpc) is 2.60. The summed E-state index contributed by atoms with van der Waals surface area (Å²) >= 11 is 0. The van der Waals surface area contributed by atoms with Crippen molar-refractivity contribution in [2.45, 2.75) is 0 Å². The van der Waals surface area contributed by atoms with Crippen LogP contribution in [0.4, 0.5) is 17.1 Å². The molecule has 0 aliphatic carbocycles. The summed E-state index contributed by atoms with van der Waals surface area (Å²) in [5.41, 5.74) is 11.3. The van der Waals surface area contributed by atoms with Crippen LogP contribution in [-0.4, -0.2) is 71.8 Å². The Labute approximate surface area is 154 Å². The molecule has 0 bridgehead atoms. The lowest BCUT2D eigenvalue weighted by molar-refractivity contribution is -0.384. The van der Waals surface area contributed by atoms with Crippen molar-refractivity contribution in [2.24, 2.45) is 16.5 Å². The Morgan fingerprint density at radius 3 is 2.62 bits per heavy atom. The lowest BCUT2D eigenvalue weighted by Crippen LogP contribution is -2.41. The summed E-state index contributed by atoms with van der Waals surface area (Å²) in [4.78, 5) is 18.9. The molecule has 1 aliphatic rings. The van der Waals surface area contributed by atoms with Crippen molar-refractivity contribution in [3.8, 4) is 5.75 Å². The zero-order valence-electron chi connectivity index (χ0n) is 14.9.